The van der Waals surface area contributed by atoms with E-state index in [1.807, 2.05) is 42.0 Å². The fraction of sp³-hybridized carbons (Fsp3) is 0.333. The van der Waals surface area contributed by atoms with Crippen LogP contribution in [0.2, 0.25) is 0 Å². The van der Waals surface area contributed by atoms with Crippen molar-refractivity contribution in [2.75, 3.05) is 7.11 Å². The van der Waals surface area contributed by atoms with Crippen LogP contribution in [0.4, 0.5) is 0 Å². The lowest BCUT2D eigenvalue weighted by molar-refractivity contribution is -0.121. The normalized spacial score (nSPS) is 11.9. The Labute approximate surface area is 118 Å². The van der Waals surface area contributed by atoms with E-state index in [0.717, 1.165) is 11.3 Å². The lowest BCUT2D eigenvalue weighted by Gasteiger charge is -2.13. The van der Waals surface area contributed by atoms with Gasteiger partial charge in [-0.3, -0.25) is 4.79 Å². The van der Waals surface area contributed by atoms with Crippen LogP contribution in [0.15, 0.2) is 43.0 Å². The zero-order valence-electron chi connectivity index (χ0n) is 11.7. The van der Waals surface area contributed by atoms with Crippen LogP contribution in [0.25, 0.3) is 0 Å². The third-order valence-electron chi connectivity index (χ3n) is 3.16. The van der Waals surface area contributed by atoms with Crippen LogP contribution in [0.5, 0.6) is 5.75 Å². The molecule has 5 nitrogen and oxygen atoms in total. The Morgan fingerprint density at radius 3 is 2.75 bits per heavy atom. The van der Waals surface area contributed by atoms with Crippen molar-refractivity contribution in [3.63, 3.8) is 0 Å². The molecule has 106 valence electrons. The second kappa shape index (κ2) is 6.75. The summed E-state index contributed by atoms with van der Waals surface area (Å²) < 4.78 is 7.02. The quantitative estimate of drug-likeness (QED) is 0.877. The van der Waals surface area contributed by atoms with Crippen molar-refractivity contribution < 1.29 is 9.53 Å². The van der Waals surface area contributed by atoms with Crippen LogP contribution in [-0.2, 0) is 11.3 Å². The molecule has 20 heavy (non-hydrogen) atoms. The molecule has 0 aliphatic rings. The number of ether oxygens (including phenoxy) is 1. The predicted molar refractivity (Wildman–Crippen MR) is 76.4 cm³/mol. The molecule has 0 saturated heterocycles. The zero-order valence-corrected chi connectivity index (χ0v) is 11.7. The van der Waals surface area contributed by atoms with Crippen molar-refractivity contribution in [3.8, 4) is 5.75 Å². The number of nitrogens with one attached hydrogen (secondary N) is 1. The number of benzene rings is 1. The third kappa shape index (κ3) is 3.85. The summed E-state index contributed by atoms with van der Waals surface area (Å²) in [7, 11) is 1.63. The smallest absolute Gasteiger partial charge is 0.222 e. The Morgan fingerprint density at radius 2 is 2.15 bits per heavy atom. The molecule has 1 aromatic carbocycles. The van der Waals surface area contributed by atoms with Crippen molar-refractivity contribution in [2.24, 2.45) is 0 Å². The molecule has 0 spiro atoms. The number of aromatic nitrogens is 2. The minimum absolute atomic E-state index is 0.0296. The molecule has 0 aliphatic heterocycles. The van der Waals surface area contributed by atoms with Crippen LogP contribution in [0.3, 0.4) is 0 Å². The fourth-order valence-electron chi connectivity index (χ4n) is 1.92. The lowest BCUT2D eigenvalue weighted by Crippen LogP contribution is -2.25. The molecule has 1 N–H and O–H groups in total. The average Bonchev–Trinajstić information content (AvgIpc) is 3.00. The lowest BCUT2D eigenvalue weighted by atomic mass is 10.2. The van der Waals surface area contributed by atoms with Gasteiger partial charge in [0.05, 0.1) is 13.4 Å². The van der Waals surface area contributed by atoms with Crippen LogP contribution < -0.4 is 10.1 Å². The maximum Gasteiger partial charge on any atom is 0.222 e. The largest absolute Gasteiger partial charge is 0.497 e. The van der Waals surface area contributed by atoms with E-state index in [9.17, 15) is 4.79 Å². The predicted octanol–water partition coefficient (Wildman–Crippen LogP) is 2.16. The molecule has 0 bridgehead atoms. The number of nitrogens with zero attached hydrogens (tertiary/aromatic N) is 2. The van der Waals surface area contributed by atoms with Crippen molar-refractivity contribution in [2.45, 2.75) is 25.9 Å². The Balaban J connectivity index is 1.79. The summed E-state index contributed by atoms with van der Waals surface area (Å²) in [5.74, 6) is 0.843. The highest BCUT2D eigenvalue weighted by molar-refractivity contribution is 5.76. The first-order chi connectivity index (χ1) is 9.69. The Morgan fingerprint density at radius 1 is 1.40 bits per heavy atom. The molecule has 0 saturated carbocycles. The number of rotatable bonds is 6. The Kier molecular flexibility index (Phi) is 4.76. The van der Waals surface area contributed by atoms with Gasteiger partial charge in [-0.1, -0.05) is 12.1 Å². The molecule has 5 heteroatoms. The minimum Gasteiger partial charge on any atom is -0.497 e. The fourth-order valence-corrected chi connectivity index (χ4v) is 1.92. The van der Waals surface area contributed by atoms with Crippen LogP contribution in [0, 0.1) is 0 Å². The molecule has 1 aromatic heterocycles. The second-order valence-electron chi connectivity index (χ2n) is 4.69. The number of hydrogen-bond donors (Lipinski definition) is 1. The van der Waals surface area contributed by atoms with E-state index in [2.05, 4.69) is 10.3 Å². The molecule has 1 amide bonds. The van der Waals surface area contributed by atoms with Gasteiger partial charge in [-0.2, -0.15) is 0 Å². The molecule has 1 atom stereocenters. The molecule has 2 aromatic rings. The number of imidazole rings is 1. The number of carbonyl (C=O) groups is 1. The monoisotopic (exact) mass is 273 g/mol. The highest BCUT2D eigenvalue weighted by Crippen LogP contribution is 2.12. The van der Waals surface area contributed by atoms with Gasteiger partial charge < -0.3 is 14.6 Å². The van der Waals surface area contributed by atoms with Crippen molar-refractivity contribution in [1.82, 2.24) is 14.9 Å². The van der Waals surface area contributed by atoms with Gasteiger partial charge in [-0.05, 0) is 24.6 Å². The molecule has 1 heterocycles. The van der Waals surface area contributed by atoms with E-state index in [1.54, 1.807) is 19.6 Å². The van der Waals surface area contributed by atoms with Crippen molar-refractivity contribution in [1.29, 1.82) is 0 Å². The second-order valence-corrected chi connectivity index (χ2v) is 4.69. The number of hydrogen-bond acceptors (Lipinski definition) is 3. The summed E-state index contributed by atoms with van der Waals surface area (Å²) in [4.78, 5) is 15.9. The van der Waals surface area contributed by atoms with Gasteiger partial charge >= 0.3 is 0 Å². The van der Waals surface area contributed by atoms with Gasteiger partial charge in [0, 0.05) is 31.4 Å². The average molecular weight is 273 g/mol. The summed E-state index contributed by atoms with van der Waals surface area (Å²) in [6, 6.07) is 7.76. The summed E-state index contributed by atoms with van der Waals surface area (Å²) in [6.07, 6.45) is 5.74. The van der Waals surface area contributed by atoms with Crippen LogP contribution >= 0.6 is 0 Å². The number of amides is 1. The standard InChI is InChI=1S/C15H19N3O2/c1-12(18-8-7-16-11-18)9-15(19)17-10-13-3-5-14(20-2)6-4-13/h3-8,11-12H,9-10H2,1-2H3,(H,17,19). The van der Waals surface area contributed by atoms with E-state index in [4.69, 9.17) is 4.74 Å². The van der Waals surface area contributed by atoms with Gasteiger partial charge in [0.25, 0.3) is 0 Å². The Hall–Kier alpha value is -2.30. The molecule has 0 radical (unpaired) electrons. The Bertz CT molecular complexity index is 535. The first-order valence-corrected chi connectivity index (χ1v) is 6.56. The van der Waals surface area contributed by atoms with Gasteiger partial charge in [0.15, 0.2) is 0 Å². The van der Waals surface area contributed by atoms with E-state index in [0.29, 0.717) is 13.0 Å². The van der Waals surface area contributed by atoms with Gasteiger partial charge in [-0.15, -0.1) is 0 Å². The summed E-state index contributed by atoms with van der Waals surface area (Å²) in [6.45, 7) is 2.52. The van der Waals surface area contributed by atoms with Crippen molar-refractivity contribution in [3.05, 3.63) is 48.5 Å². The molecule has 0 fully saturated rings. The molecule has 1 unspecified atom stereocenters. The maximum absolute atomic E-state index is 11.9. The minimum atomic E-state index is 0.0296. The maximum atomic E-state index is 11.9. The van der Waals surface area contributed by atoms with E-state index < -0.39 is 0 Å². The SMILES string of the molecule is COc1ccc(CNC(=O)CC(C)n2ccnc2)cc1. The summed E-state index contributed by atoms with van der Waals surface area (Å²) in [5, 5.41) is 2.92. The molecule has 0 aliphatic carbocycles. The van der Waals surface area contributed by atoms with E-state index in [1.165, 1.54) is 0 Å². The van der Waals surface area contributed by atoms with Crippen LogP contribution in [-0.4, -0.2) is 22.6 Å². The van der Waals surface area contributed by atoms with E-state index in [-0.39, 0.29) is 11.9 Å². The number of carbonyl (C=O) groups excluding carboxylic acids is 1. The van der Waals surface area contributed by atoms with Crippen LogP contribution in [0.1, 0.15) is 24.9 Å². The highest BCUT2D eigenvalue weighted by Gasteiger charge is 2.09. The third-order valence-corrected chi connectivity index (χ3v) is 3.16. The summed E-state index contributed by atoms with van der Waals surface area (Å²) in [5.41, 5.74) is 1.05. The van der Waals surface area contributed by atoms with Crippen molar-refractivity contribution >= 4 is 5.91 Å². The first kappa shape index (κ1) is 14.1. The zero-order chi connectivity index (χ0) is 14.4. The van der Waals surface area contributed by atoms with Gasteiger partial charge in [0.1, 0.15) is 5.75 Å². The van der Waals surface area contributed by atoms with Gasteiger partial charge in [0.2, 0.25) is 5.91 Å². The summed E-state index contributed by atoms with van der Waals surface area (Å²) >= 11 is 0. The topological polar surface area (TPSA) is 56.1 Å². The number of methoxy groups -OCH3 is 1. The van der Waals surface area contributed by atoms with Gasteiger partial charge in [-0.25, -0.2) is 4.98 Å². The van der Waals surface area contributed by atoms with E-state index >= 15 is 0 Å². The molecular weight excluding hydrogens is 254 g/mol. The molecular formula is C15H19N3O2. The first-order valence-electron chi connectivity index (χ1n) is 6.56. The molecule has 2 rings (SSSR count). The highest BCUT2D eigenvalue weighted by atomic mass is 16.5.